The summed E-state index contributed by atoms with van der Waals surface area (Å²) < 4.78 is 13.8. The van der Waals surface area contributed by atoms with E-state index in [1.54, 1.807) is 0 Å². The molecule has 0 aliphatic carbocycles. The van der Waals surface area contributed by atoms with Crippen molar-refractivity contribution in [2.45, 2.75) is 44.9 Å². The summed E-state index contributed by atoms with van der Waals surface area (Å²) in [4.78, 5) is 4.24. The lowest BCUT2D eigenvalue weighted by Gasteiger charge is -2.44. The quantitative estimate of drug-likeness (QED) is 0.639. The number of halogens is 1. The lowest BCUT2D eigenvalue weighted by molar-refractivity contribution is 0.0137. The maximum Gasteiger partial charge on any atom is 0.128 e. The molecule has 0 aromatic rings. The van der Waals surface area contributed by atoms with Crippen molar-refractivity contribution in [3.05, 3.63) is 0 Å². The van der Waals surface area contributed by atoms with Gasteiger partial charge in [0.2, 0.25) is 0 Å². The third kappa shape index (κ3) is 2.67. The van der Waals surface area contributed by atoms with Crippen molar-refractivity contribution in [2.75, 3.05) is 27.2 Å². The highest BCUT2D eigenvalue weighted by atomic mass is 19.1. The van der Waals surface area contributed by atoms with Gasteiger partial charge in [-0.3, -0.25) is 4.90 Å². The Morgan fingerprint density at radius 1 is 1.29 bits per heavy atom. The van der Waals surface area contributed by atoms with E-state index in [2.05, 4.69) is 25.7 Å². The first-order valence-corrected chi connectivity index (χ1v) is 5.38. The normalized spacial score (nSPS) is 31.1. The van der Waals surface area contributed by atoms with Gasteiger partial charge in [0, 0.05) is 24.7 Å². The molecular formula is C11H23FN2. The molecule has 14 heavy (non-hydrogen) atoms. The fourth-order valence-electron chi connectivity index (χ4n) is 2.08. The third-order valence-corrected chi connectivity index (χ3v) is 3.12. The minimum absolute atomic E-state index is 0.0988. The molecule has 1 rings (SSSR count). The van der Waals surface area contributed by atoms with Crippen LogP contribution in [0, 0.1) is 0 Å². The Morgan fingerprint density at radius 2 is 1.86 bits per heavy atom. The standard InChI is InChI=1S/C11H23FN2/c1-11(2,3)14-7-6-10(13(4)5)9(12)8-14/h9-10H,6-8H2,1-5H3/t9-,10?/m0/s1. The number of hydrogen-bond donors (Lipinski definition) is 0. The molecule has 0 aromatic carbocycles. The van der Waals surface area contributed by atoms with Crippen LogP contribution >= 0.6 is 0 Å². The first kappa shape index (κ1) is 11.9. The Kier molecular flexibility index (Phi) is 3.53. The van der Waals surface area contributed by atoms with Crippen molar-refractivity contribution in [1.82, 2.24) is 9.80 Å². The van der Waals surface area contributed by atoms with Crippen LogP contribution in [0.1, 0.15) is 27.2 Å². The summed E-state index contributed by atoms with van der Waals surface area (Å²) in [6.45, 7) is 8.03. The van der Waals surface area contributed by atoms with Gasteiger partial charge in [0.1, 0.15) is 6.17 Å². The van der Waals surface area contributed by atoms with Crippen LogP contribution in [-0.2, 0) is 0 Å². The molecule has 0 saturated carbocycles. The fourth-order valence-corrected chi connectivity index (χ4v) is 2.08. The summed E-state index contributed by atoms with van der Waals surface area (Å²) in [5.74, 6) is 0. The van der Waals surface area contributed by atoms with Crippen molar-refractivity contribution in [1.29, 1.82) is 0 Å². The molecule has 0 bridgehead atoms. The molecule has 0 N–H and O–H groups in total. The van der Waals surface area contributed by atoms with E-state index in [9.17, 15) is 4.39 Å². The van der Waals surface area contributed by atoms with Crippen LogP contribution in [0.2, 0.25) is 0 Å². The minimum Gasteiger partial charge on any atom is -0.303 e. The van der Waals surface area contributed by atoms with E-state index in [1.165, 1.54) is 0 Å². The largest absolute Gasteiger partial charge is 0.303 e. The number of nitrogens with zero attached hydrogens (tertiary/aromatic N) is 2. The molecule has 0 radical (unpaired) electrons. The summed E-state index contributed by atoms with van der Waals surface area (Å²) in [5.41, 5.74) is 0.0988. The average Bonchev–Trinajstić information content (AvgIpc) is 2.01. The molecule has 1 aliphatic rings. The van der Waals surface area contributed by atoms with Gasteiger partial charge in [0.15, 0.2) is 0 Å². The van der Waals surface area contributed by atoms with E-state index in [0.29, 0.717) is 6.54 Å². The minimum atomic E-state index is -0.710. The highest BCUT2D eigenvalue weighted by Crippen LogP contribution is 2.23. The molecule has 2 atom stereocenters. The number of rotatable bonds is 1. The molecule has 1 fully saturated rings. The molecule has 0 aromatic heterocycles. The zero-order chi connectivity index (χ0) is 10.9. The van der Waals surface area contributed by atoms with E-state index in [-0.39, 0.29) is 11.6 Å². The molecular weight excluding hydrogens is 179 g/mol. The lowest BCUT2D eigenvalue weighted by atomic mass is 9.96. The van der Waals surface area contributed by atoms with Gasteiger partial charge in [-0.1, -0.05) is 0 Å². The Bertz CT molecular complexity index is 186. The number of alkyl halides is 1. The fraction of sp³-hybridized carbons (Fsp3) is 1.00. The maximum atomic E-state index is 13.8. The van der Waals surface area contributed by atoms with Crippen LogP contribution < -0.4 is 0 Å². The van der Waals surface area contributed by atoms with E-state index >= 15 is 0 Å². The van der Waals surface area contributed by atoms with Crippen LogP contribution in [0.3, 0.4) is 0 Å². The summed E-state index contributed by atoms with van der Waals surface area (Å²) >= 11 is 0. The molecule has 1 saturated heterocycles. The number of likely N-dealkylation sites (tertiary alicyclic amines) is 1. The summed E-state index contributed by atoms with van der Waals surface area (Å²) in [6.07, 6.45) is 0.226. The highest BCUT2D eigenvalue weighted by molar-refractivity contribution is 4.89. The Balaban J connectivity index is 2.55. The molecule has 2 nitrogen and oxygen atoms in total. The van der Waals surface area contributed by atoms with Crippen molar-refractivity contribution in [3.8, 4) is 0 Å². The van der Waals surface area contributed by atoms with Gasteiger partial charge in [-0.2, -0.15) is 0 Å². The molecule has 1 heterocycles. The third-order valence-electron chi connectivity index (χ3n) is 3.12. The van der Waals surface area contributed by atoms with Gasteiger partial charge in [-0.05, 0) is 41.3 Å². The second kappa shape index (κ2) is 4.15. The van der Waals surface area contributed by atoms with Crippen LogP contribution in [0.25, 0.3) is 0 Å². The Morgan fingerprint density at radius 3 is 2.21 bits per heavy atom. The van der Waals surface area contributed by atoms with E-state index < -0.39 is 6.17 Å². The van der Waals surface area contributed by atoms with Crippen molar-refractivity contribution in [2.24, 2.45) is 0 Å². The zero-order valence-corrected chi connectivity index (χ0v) is 10.0. The maximum absolute atomic E-state index is 13.8. The van der Waals surface area contributed by atoms with Crippen molar-refractivity contribution >= 4 is 0 Å². The first-order valence-electron chi connectivity index (χ1n) is 5.38. The van der Waals surface area contributed by atoms with Crippen LogP contribution in [0.4, 0.5) is 4.39 Å². The molecule has 0 spiro atoms. The Hall–Kier alpha value is -0.150. The van der Waals surface area contributed by atoms with Crippen LogP contribution in [0.5, 0.6) is 0 Å². The van der Waals surface area contributed by atoms with Gasteiger partial charge >= 0.3 is 0 Å². The SMILES string of the molecule is CN(C)C1CCN(C(C)(C)C)C[C@@H]1F. The molecule has 0 amide bonds. The molecule has 3 heteroatoms. The lowest BCUT2D eigenvalue weighted by Crippen LogP contribution is -2.55. The zero-order valence-electron chi connectivity index (χ0n) is 10.0. The predicted molar refractivity (Wildman–Crippen MR) is 58.3 cm³/mol. The topological polar surface area (TPSA) is 6.48 Å². The summed E-state index contributed by atoms with van der Waals surface area (Å²) in [6, 6.07) is 0.105. The van der Waals surface area contributed by atoms with Gasteiger partial charge < -0.3 is 4.90 Å². The van der Waals surface area contributed by atoms with Crippen molar-refractivity contribution in [3.63, 3.8) is 0 Å². The molecule has 1 aliphatic heterocycles. The second-order valence-corrected chi connectivity index (χ2v) is 5.45. The average molecular weight is 202 g/mol. The number of hydrogen-bond acceptors (Lipinski definition) is 2. The smallest absolute Gasteiger partial charge is 0.128 e. The first-order chi connectivity index (χ1) is 6.32. The van der Waals surface area contributed by atoms with Crippen LogP contribution in [-0.4, -0.2) is 54.7 Å². The monoisotopic (exact) mass is 202 g/mol. The van der Waals surface area contributed by atoms with Crippen LogP contribution in [0.15, 0.2) is 0 Å². The van der Waals surface area contributed by atoms with Gasteiger partial charge in [-0.15, -0.1) is 0 Å². The number of piperidine rings is 1. The summed E-state index contributed by atoms with van der Waals surface area (Å²) in [5, 5.41) is 0. The Labute approximate surface area is 87.1 Å². The second-order valence-electron chi connectivity index (χ2n) is 5.45. The van der Waals surface area contributed by atoms with Crippen molar-refractivity contribution < 1.29 is 4.39 Å². The molecule has 1 unspecified atom stereocenters. The highest BCUT2D eigenvalue weighted by Gasteiger charge is 2.34. The summed E-state index contributed by atoms with van der Waals surface area (Å²) in [7, 11) is 3.92. The molecule has 84 valence electrons. The van der Waals surface area contributed by atoms with E-state index in [1.807, 2.05) is 19.0 Å². The van der Waals surface area contributed by atoms with Gasteiger partial charge in [0.05, 0.1) is 0 Å². The van der Waals surface area contributed by atoms with E-state index in [0.717, 1.165) is 13.0 Å². The van der Waals surface area contributed by atoms with Gasteiger partial charge in [0.25, 0.3) is 0 Å². The van der Waals surface area contributed by atoms with Gasteiger partial charge in [-0.25, -0.2) is 4.39 Å². The van der Waals surface area contributed by atoms with E-state index in [4.69, 9.17) is 0 Å². The predicted octanol–water partition coefficient (Wildman–Crippen LogP) is 1.76.